The van der Waals surface area contributed by atoms with Crippen LogP contribution in [0.5, 0.6) is 0 Å². The summed E-state index contributed by atoms with van der Waals surface area (Å²) in [6.07, 6.45) is 1.48. The third-order valence-corrected chi connectivity index (χ3v) is 2.94. The van der Waals surface area contributed by atoms with Crippen LogP contribution in [0.25, 0.3) is 0 Å². The second-order valence-electron chi connectivity index (χ2n) is 3.70. The van der Waals surface area contributed by atoms with Gasteiger partial charge in [0.1, 0.15) is 5.76 Å². The van der Waals surface area contributed by atoms with Gasteiger partial charge in [0.2, 0.25) is 0 Å². The first-order valence-corrected chi connectivity index (χ1v) is 5.32. The minimum atomic E-state index is -0.991. The molecule has 1 unspecified atom stereocenters. The van der Waals surface area contributed by atoms with Gasteiger partial charge < -0.3 is 10.2 Å². The lowest BCUT2D eigenvalue weighted by molar-refractivity contribution is 0.505. The normalized spacial score (nSPS) is 12.8. The standard InChI is InChI=1S/C12H10ClF2NO/c1-6-7(2-3-17-6)12(16)8-4-10(14)11(15)5-9(8)13/h2-5,12H,16H2,1H3. The Labute approximate surface area is 102 Å². The summed E-state index contributed by atoms with van der Waals surface area (Å²) in [7, 11) is 0. The fourth-order valence-corrected chi connectivity index (χ4v) is 1.93. The molecule has 0 radical (unpaired) electrons. The van der Waals surface area contributed by atoms with Crippen LogP contribution in [0.4, 0.5) is 8.78 Å². The van der Waals surface area contributed by atoms with Crippen molar-refractivity contribution in [1.82, 2.24) is 0 Å². The number of rotatable bonds is 2. The first-order valence-electron chi connectivity index (χ1n) is 4.94. The van der Waals surface area contributed by atoms with E-state index in [4.69, 9.17) is 21.8 Å². The van der Waals surface area contributed by atoms with Crippen LogP contribution in [-0.4, -0.2) is 0 Å². The molecule has 0 spiro atoms. The van der Waals surface area contributed by atoms with Crippen molar-refractivity contribution in [3.8, 4) is 0 Å². The quantitative estimate of drug-likeness (QED) is 0.836. The zero-order chi connectivity index (χ0) is 12.6. The molecule has 1 atom stereocenters. The van der Waals surface area contributed by atoms with Gasteiger partial charge in [-0.05, 0) is 30.7 Å². The molecule has 17 heavy (non-hydrogen) atoms. The molecule has 0 saturated heterocycles. The summed E-state index contributed by atoms with van der Waals surface area (Å²) in [5.41, 5.74) is 6.97. The van der Waals surface area contributed by atoms with Crippen LogP contribution in [0.15, 0.2) is 28.9 Å². The van der Waals surface area contributed by atoms with Crippen molar-refractivity contribution in [3.63, 3.8) is 0 Å². The largest absolute Gasteiger partial charge is 0.469 e. The Morgan fingerprint density at radius 3 is 2.47 bits per heavy atom. The molecule has 90 valence electrons. The average Bonchev–Trinajstić information content (AvgIpc) is 2.69. The van der Waals surface area contributed by atoms with Crippen LogP contribution in [0, 0.1) is 18.6 Å². The predicted octanol–water partition coefficient (Wildman–Crippen LogP) is 3.57. The van der Waals surface area contributed by atoms with E-state index in [2.05, 4.69) is 0 Å². The maximum Gasteiger partial charge on any atom is 0.160 e. The van der Waals surface area contributed by atoms with E-state index in [0.717, 1.165) is 12.1 Å². The summed E-state index contributed by atoms with van der Waals surface area (Å²) in [4.78, 5) is 0. The number of halogens is 3. The summed E-state index contributed by atoms with van der Waals surface area (Å²) in [6, 6.07) is 2.96. The van der Waals surface area contributed by atoms with Gasteiger partial charge in [-0.3, -0.25) is 0 Å². The van der Waals surface area contributed by atoms with Crippen molar-refractivity contribution in [3.05, 3.63) is 58.0 Å². The monoisotopic (exact) mass is 257 g/mol. The van der Waals surface area contributed by atoms with Gasteiger partial charge >= 0.3 is 0 Å². The lowest BCUT2D eigenvalue weighted by Gasteiger charge is -2.13. The number of hydrogen-bond acceptors (Lipinski definition) is 2. The van der Waals surface area contributed by atoms with Gasteiger partial charge in [0.25, 0.3) is 0 Å². The second kappa shape index (κ2) is 4.47. The molecule has 0 aliphatic rings. The molecule has 1 heterocycles. The molecular formula is C12H10ClF2NO. The first-order chi connectivity index (χ1) is 8.00. The molecule has 2 N–H and O–H groups in total. The summed E-state index contributed by atoms with van der Waals surface area (Å²) < 4.78 is 31.2. The molecule has 2 nitrogen and oxygen atoms in total. The predicted molar refractivity (Wildman–Crippen MR) is 60.8 cm³/mol. The second-order valence-corrected chi connectivity index (χ2v) is 4.10. The first kappa shape index (κ1) is 12.1. The Morgan fingerprint density at radius 2 is 1.88 bits per heavy atom. The topological polar surface area (TPSA) is 39.2 Å². The Morgan fingerprint density at radius 1 is 1.24 bits per heavy atom. The minimum absolute atomic E-state index is 0.0944. The highest BCUT2D eigenvalue weighted by atomic mass is 35.5. The Bertz CT molecular complexity index is 553. The van der Waals surface area contributed by atoms with Gasteiger partial charge in [0.15, 0.2) is 11.6 Å². The van der Waals surface area contributed by atoms with E-state index in [-0.39, 0.29) is 5.02 Å². The smallest absolute Gasteiger partial charge is 0.160 e. The van der Waals surface area contributed by atoms with Crippen LogP contribution in [-0.2, 0) is 0 Å². The summed E-state index contributed by atoms with van der Waals surface area (Å²) >= 11 is 5.85. The van der Waals surface area contributed by atoms with Crippen molar-refractivity contribution in [2.45, 2.75) is 13.0 Å². The average molecular weight is 258 g/mol. The maximum absolute atomic E-state index is 13.1. The van der Waals surface area contributed by atoms with Gasteiger partial charge in [0, 0.05) is 10.6 Å². The van der Waals surface area contributed by atoms with E-state index < -0.39 is 17.7 Å². The van der Waals surface area contributed by atoms with Crippen LogP contribution < -0.4 is 5.73 Å². The molecule has 0 aliphatic carbocycles. The summed E-state index contributed by atoms with van der Waals surface area (Å²) in [5, 5.41) is 0.0944. The summed E-state index contributed by atoms with van der Waals surface area (Å²) in [5.74, 6) is -1.34. The van der Waals surface area contributed by atoms with Gasteiger partial charge in [0.05, 0.1) is 12.3 Å². The van der Waals surface area contributed by atoms with Crippen molar-refractivity contribution in [2.75, 3.05) is 0 Å². The number of furan rings is 1. The van der Waals surface area contributed by atoms with Gasteiger partial charge in [-0.25, -0.2) is 8.78 Å². The molecule has 5 heteroatoms. The zero-order valence-electron chi connectivity index (χ0n) is 9.01. The highest BCUT2D eigenvalue weighted by Crippen LogP contribution is 2.30. The number of nitrogens with two attached hydrogens (primary N) is 1. The molecular weight excluding hydrogens is 248 g/mol. The number of benzene rings is 1. The van der Waals surface area contributed by atoms with Crippen molar-refractivity contribution in [2.24, 2.45) is 5.73 Å². The summed E-state index contributed by atoms with van der Waals surface area (Å²) in [6.45, 7) is 1.74. The molecule has 2 aromatic rings. The number of hydrogen-bond donors (Lipinski definition) is 1. The Hall–Kier alpha value is -1.39. The van der Waals surface area contributed by atoms with Gasteiger partial charge in [-0.2, -0.15) is 0 Å². The van der Waals surface area contributed by atoms with E-state index in [0.29, 0.717) is 16.9 Å². The van der Waals surface area contributed by atoms with Crippen LogP contribution >= 0.6 is 11.6 Å². The van der Waals surface area contributed by atoms with E-state index in [9.17, 15) is 8.78 Å². The van der Waals surface area contributed by atoms with Crippen molar-refractivity contribution in [1.29, 1.82) is 0 Å². The molecule has 2 rings (SSSR count). The molecule has 0 aliphatic heterocycles. The van der Waals surface area contributed by atoms with Gasteiger partial charge in [-0.15, -0.1) is 0 Å². The Kier molecular flexibility index (Phi) is 3.17. The lowest BCUT2D eigenvalue weighted by atomic mass is 10.00. The Balaban J connectivity index is 2.48. The molecule has 0 bridgehead atoms. The molecule has 0 amide bonds. The fourth-order valence-electron chi connectivity index (χ4n) is 1.66. The maximum atomic E-state index is 13.1. The van der Waals surface area contributed by atoms with Crippen LogP contribution in [0.1, 0.15) is 22.9 Å². The van der Waals surface area contributed by atoms with Gasteiger partial charge in [-0.1, -0.05) is 11.6 Å². The molecule has 1 aromatic carbocycles. The van der Waals surface area contributed by atoms with Crippen molar-refractivity contribution >= 4 is 11.6 Å². The fraction of sp³-hybridized carbons (Fsp3) is 0.167. The number of aryl methyl sites for hydroxylation is 1. The SMILES string of the molecule is Cc1occc1C(N)c1cc(F)c(F)cc1Cl. The zero-order valence-corrected chi connectivity index (χ0v) is 9.76. The minimum Gasteiger partial charge on any atom is -0.469 e. The van der Waals surface area contributed by atoms with E-state index >= 15 is 0 Å². The molecule has 1 aromatic heterocycles. The van der Waals surface area contributed by atoms with Crippen LogP contribution in [0.2, 0.25) is 5.02 Å². The van der Waals surface area contributed by atoms with E-state index in [1.54, 1.807) is 13.0 Å². The molecule has 0 fully saturated rings. The third kappa shape index (κ3) is 2.18. The van der Waals surface area contributed by atoms with Crippen molar-refractivity contribution < 1.29 is 13.2 Å². The molecule has 0 saturated carbocycles. The van der Waals surface area contributed by atoms with E-state index in [1.165, 1.54) is 6.26 Å². The highest BCUT2D eigenvalue weighted by Gasteiger charge is 2.18. The highest BCUT2D eigenvalue weighted by molar-refractivity contribution is 6.31. The van der Waals surface area contributed by atoms with Crippen LogP contribution in [0.3, 0.4) is 0 Å². The third-order valence-electron chi connectivity index (χ3n) is 2.61. The lowest BCUT2D eigenvalue weighted by Crippen LogP contribution is -2.13. The van der Waals surface area contributed by atoms with E-state index in [1.807, 2.05) is 0 Å².